The molecule has 0 aliphatic heterocycles. The smallest absolute Gasteiger partial charge is 0.277 e. The predicted molar refractivity (Wildman–Crippen MR) is 91.4 cm³/mol. The van der Waals surface area contributed by atoms with Crippen LogP contribution in [0, 0.1) is 6.92 Å². The lowest BCUT2D eigenvalue weighted by molar-refractivity contribution is -0.113. The van der Waals surface area contributed by atoms with Crippen molar-refractivity contribution in [2.75, 3.05) is 11.1 Å². The van der Waals surface area contributed by atoms with E-state index in [1.807, 2.05) is 31.2 Å². The number of amides is 1. The Balaban J connectivity index is 1.58. The number of nitrogens with zero attached hydrogens (tertiary/aromatic N) is 4. The summed E-state index contributed by atoms with van der Waals surface area (Å²) in [6.07, 6.45) is 0. The lowest BCUT2D eigenvalue weighted by atomic mass is 10.2. The van der Waals surface area contributed by atoms with E-state index in [0.29, 0.717) is 16.2 Å². The molecule has 0 saturated carbocycles. The number of halogens is 1. The molecule has 1 aromatic carbocycles. The van der Waals surface area contributed by atoms with Crippen molar-refractivity contribution in [2.24, 2.45) is 0 Å². The van der Waals surface area contributed by atoms with E-state index in [2.05, 4.69) is 41.6 Å². The number of hydrogen-bond acceptors (Lipinski definition) is 8. The van der Waals surface area contributed by atoms with Crippen LogP contribution in [0.15, 0.2) is 38.4 Å². The number of thioether (sulfide) groups is 1. The number of aromatic nitrogens is 4. The monoisotopic (exact) mass is 411 g/mol. The first kappa shape index (κ1) is 16.1. The number of anilines is 1. The molecule has 0 aliphatic rings. The van der Waals surface area contributed by atoms with E-state index >= 15 is 0 Å². The Hall–Kier alpha value is -1.78. The summed E-state index contributed by atoms with van der Waals surface area (Å²) in [5.74, 6) is 0.362. The second kappa shape index (κ2) is 7.20. The minimum Gasteiger partial charge on any atom is -0.411 e. The average molecular weight is 412 g/mol. The molecule has 0 radical (unpaired) electrons. The largest absolute Gasteiger partial charge is 0.411 e. The molecular formula is C13H10BrN5O2S2. The van der Waals surface area contributed by atoms with Crippen LogP contribution in [0.25, 0.3) is 11.5 Å². The van der Waals surface area contributed by atoms with Crippen molar-refractivity contribution in [1.29, 1.82) is 0 Å². The maximum Gasteiger partial charge on any atom is 0.277 e. The first-order valence-electron chi connectivity index (χ1n) is 6.42. The molecule has 23 heavy (non-hydrogen) atoms. The van der Waals surface area contributed by atoms with Gasteiger partial charge < -0.3 is 4.42 Å². The first-order valence-corrected chi connectivity index (χ1v) is 9.02. The molecule has 3 rings (SSSR count). The number of carbonyl (C=O) groups excluding carboxylic acids is 1. The van der Waals surface area contributed by atoms with E-state index in [1.54, 1.807) is 0 Å². The van der Waals surface area contributed by atoms with Gasteiger partial charge in [0.1, 0.15) is 5.01 Å². The Morgan fingerprint density at radius 2 is 2.22 bits per heavy atom. The van der Waals surface area contributed by atoms with Gasteiger partial charge in [0.25, 0.3) is 5.22 Å². The summed E-state index contributed by atoms with van der Waals surface area (Å²) in [4.78, 5) is 11.8. The molecule has 1 N–H and O–H groups in total. The van der Waals surface area contributed by atoms with Gasteiger partial charge in [-0.25, -0.2) is 0 Å². The van der Waals surface area contributed by atoms with Crippen molar-refractivity contribution in [2.45, 2.75) is 12.1 Å². The van der Waals surface area contributed by atoms with E-state index in [4.69, 9.17) is 4.42 Å². The summed E-state index contributed by atoms with van der Waals surface area (Å²) in [5.41, 5.74) is 0.813. The lowest BCUT2D eigenvalue weighted by Gasteiger charge is -1.98. The highest BCUT2D eigenvalue weighted by Gasteiger charge is 2.12. The van der Waals surface area contributed by atoms with E-state index in [-0.39, 0.29) is 11.7 Å². The number of benzene rings is 1. The molecule has 0 fully saturated rings. The second-order valence-electron chi connectivity index (χ2n) is 4.35. The van der Waals surface area contributed by atoms with Crippen molar-refractivity contribution in [3.8, 4) is 11.5 Å². The summed E-state index contributed by atoms with van der Waals surface area (Å²) in [6, 6.07) is 7.55. The van der Waals surface area contributed by atoms with Crippen LogP contribution in [0.5, 0.6) is 0 Å². The van der Waals surface area contributed by atoms with Gasteiger partial charge in [0.05, 0.1) is 5.75 Å². The van der Waals surface area contributed by atoms with Gasteiger partial charge in [-0.1, -0.05) is 45.1 Å². The predicted octanol–water partition coefficient (Wildman–Crippen LogP) is 3.39. The number of rotatable bonds is 5. The Morgan fingerprint density at radius 3 is 2.96 bits per heavy atom. The highest BCUT2D eigenvalue weighted by Crippen LogP contribution is 2.25. The zero-order valence-electron chi connectivity index (χ0n) is 11.8. The summed E-state index contributed by atoms with van der Waals surface area (Å²) >= 11 is 5.88. The summed E-state index contributed by atoms with van der Waals surface area (Å²) in [7, 11) is 0. The van der Waals surface area contributed by atoms with Crippen LogP contribution < -0.4 is 5.32 Å². The molecule has 0 unspecified atom stereocenters. The zero-order chi connectivity index (χ0) is 16.2. The van der Waals surface area contributed by atoms with Crippen LogP contribution in [-0.2, 0) is 4.79 Å². The van der Waals surface area contributed by atoms with Gasteiger partial charge in [0.2, 0.25) is 16.9 Å². The highest BCUT2D eigenvalue weighted by atomic mass is 79.9. The van der Waals surface area contributed by atoms with E-state index in [0.717, 1.165) is 15.0 Å². The minimum absolute atomic E-state index is 0.152. The van der Waals surface area contributed by atoms with E-state index in [9.17, 15) is 4.79 Å². The quantitative estimate of drug-likeness (QED) is 0.642. The third-order valence-corrected chi connectivity index (χ3v) is 4.64. The molecule has 2 aromatic heterocycles. The molecule has 7 nitrogen and oxygen atoms in total. The van der Waals surface area contributed by atoms with E-state index in [1.165, 1.54) is 23.1 Å². The molecule has 0 bridgehead atoms. The molecule has 0 atom stereocenters. The number of hydrogen-bond donors (Lipinski definition) is 1. The molecular weight excluding hydrogens is 402 g/mol. The Morgan fingerprint density at radius 1 is 1.35 bits per heavy atom. The fourth-order valence-electron chi connectivity index (χ4n) is 1.64. The van der Waals surface area contributed by atoms with Crippen molar-refractivity contribution >= 4 is 50.1 Å². The zero-order valence-corrected chi connectivity index (χ0v) is 15.0. The topological polar surface area (TPSA) is 93.8 Å². The molecule has 2 heterocycles. The molecule has 118 valence electrons. The summed E-state index contributed by atoms with van der Waals surface area (Å²) < 4.78 is 6.47. The third kappa shape index (κ3) is 4.36. The van der Waals surface area contributed by atoms with Crippen LogP contribution in [-0.4, -0.2) is 32.1 Å². The fourth-order valence-corrected chi connectivity index (χ4v) is 3.21. The second-order valence-corrected chi connectivity index (χ2v) is 7.37. The van der Waals surface area contributed by atoms with Gasteiger partial charge >= 0.3 is 0 Å². The van der Waals surface area contributed by atoms with Crippen molar-refractivity contribution < 1.29 is 9.21 Å². The molecule has 0 aliphatic carbocycles. The molecule has 0 saturated heterocycles. The van der Waals surface area contributed by atoms with E-state index < -0.39 is 0 Å². The van der Waals surface area contributed by atoms with Gasteiger partial charge in [-0.15, -0.1) is 20.4 Å². The highest BCUT2D eigenvalue weighted by molar-refractivity contribution is 9.10. The number of carbonyl (C=O) groups is 1. The molecule has 3 aromatic rings. The van der Waals surface area contributed by atoms with Crippen molar-refractivity contribution in [1.82, 2.24) is 20.4 Å². The van der Waals surface area contributed by atoms with Crippen molar-refractivity contribution in [3.63, 3.8) is 0 Å². The third-order valence-electron chi connectivity index (χ3n) is 2.58. The minimum atomic E-state index is -0.201. The number of nitrogens with one attached hydrogen (secondary N) is 1. The van der Waals surface area contributed by atoms with Gasteiger partial charge in [0, 0.05) is 10.0 Å². The Bertz CT molecular complexity index is 835. The molecule has 1 amide bonds. The van der Waals surface area contributed by atoms with Crippen LogP contribution in [0.1, 0.15) is 5.01 Å². The normalized spacial score (nSPS) is 10.7. The first-order chi connectivity index (χ1) is 11.1. The average Bonchev–Trinajstić information content (AvgIpc) is 3.14. The van der Waals surface area contributed by atoms with Crippen LogP contribution in [0.3, 0.4) is 0 Å². The maximum absolute atomic E-state index is 11.8. The maximum atomic E-state index is 11.8. The SMILES string of the molecule is Cc1nnc(NC(=O)CSc2nnc(-c3cccc(Br)c3)o2)s1. The van der Waals surface area contributed by atoms with Crippen molar-refractivity contribution in [3.05, 3.63) is 33.7 Å². The molecule has 0 spiro atoms. The lowest BCUT2D eigenvalue weighted by Crippen LogP contribution is -2.13. The summed E-state index contributed by atoms with van der Waals surface area (Å²) in [6.45, 7) is 1.82. The van der Waals surface area contributed by atoms with Crippen LogP contribution in [0.4, 0.5) is 5.13 Å². The van der Waals surface area contributed by atoms with Gasteiger partial charge in [-0.3, -0.25) is 10.1 Å². The molecule has 10 heteroatoms. The Labute approximate surface area is 148 Å². The Kier molecular flexibility index (Phi) is 5.03. The van der Waals surface area contributed by atoms with Gasteiger partial charge in [0.15, 0.2) is 0 Å². The van der Waals surface area contributed by atoms with Crippen LogP contribution >= 0.6 is 39.0 Å². The summed E-state index contributed by atoms with van der Waals surface area (Å²) in [5, 5.41) is 19.9. The van der Waals surface area contributed by atoms with Crippen LogP contribution in [0.2, 0.25) is 0 Å². The van der Waals surface area contributed by atoms with Gasteiger partial charge in [-0.05, 0) is 25.1 Å². The van der Waals surface area contributed by atoms with Gasteiger partial charge in [-0.2, -0.15) is 0 Å². The fraction of sp³-hybridized carbons (Fsp3) is 0.154. The number of aryl methyl sites for hydroxylation is 1. The standard InChI is InChI=1S/C13H10BrN5O2S2/c1-7-16-18-12(23-7)15-10(20)6-22-13-19-17-11(21-13)8-3-2-4-9(14)5-8/h2-5H,6H2,1H3,(H,15,18,20).